The largest absolute Gasteiger partial charge is 0.389 e. The zero-order valence-electron chi connectivity index (χ0n) is 10.5. The van der Waals surface area contributed by atoms with Gasteiger partial charge in [-0.3, -0.25) is 0 Å². The van der Waals surface area contributed by atoms with E-state index in [0.717, 1.165) is 16.6 Å². The van der Waals surface area contributed by atoms with Gasteiger partial charge < -0.3 is 10.0 Å². The molecule has 0 amide bonds. The minimum atomic E-state index is -0.404. The normalized spacial score (nSPS) is 22.6. The number of aliphatic hydroxyl groups is 1. The number of hydrogen-bond donors (Lipinski definition) is 1. The highest BCUT2D eigenvalue weighted by Gasteiger charge is 2.20. The van der Waals surface area contributed by atoms with Gasteiger partial charge in [-0.25, -0.2) is 0 Å². The molecule has 2 atom stereocenters. The Kier molecular flexibility index (Phi) is 4.10. The molecular weight excluding hydrogens is 278 g/mol. The molecule has 1 aliphatic rings. The standard InChI is InChI=1S/C14H20BrNO/c1-10-5-3-4-8-16(10)14-7-6-12(11(2)17)9-13(14)15/h6-7,9-11,17H,3-5,8H2,1-2H3/t10?,11-/m0/s1. The molecule has 0 saturated carbocycles. The van der Waals surface area contributed by atoms with E-state index in [-0.39, 0.29) is 0 Å². The van der Waals surface area contributed by atoms with Crippen molar-refractivity contribution in [2.45, 2.75) is 45.3 Å². The van der Waals surface area contributed by atoms with Crippen molar-refractivity contribution in [1.29, 1.82) is 0 Å². The van der Waals surface area contributed by atoms with Crippen molar-refractivity contribution in [3.8, 4) is 0 Å². The molecule has 2 rings (SSSR count). The van der Waals surface area contributed by atoms with E-state index < -0.39 is 6.10 Å². The van der Waals surface area contributed by atoms with Crippen molar-refractivity contribution in [3.05, 3.63) is 28.2 Å². The van der Waals surface area contributed by atoms with E-state index in [9.17, 15) is 5.11 Å². The van der Waals surface area contributed by atoms with E-state index in [0.29, 0.717) is 6.04 Å². The summed E-state index contributed by atoms with van der Waals surface area (Å²) in [4.78, 5) is 2.46. The minimum absolute atomic E-state index is 0.404. The topological polar surface area (TPSA) is 23.5 Å². The van der Waals surface area contributed by atoms with Gasteiger partial charge in [0.25, 0.3) is 0 Å². The number of anilines is 1. The fraction of sp³-hybridized carbons (Fsp3) is 0.571. The second kappa shape index (κ2) is 5.40. The number of halogens is 1. The first-order valence-corrected chi connectivity index (χ1v) is 7.13. The Bertz CT molecular complexity index is 392. The molecule has 1 aromatic rings. The average Bonchev–Trinajstić information content (AvgIpc) is 2.30. The minimum Gasteiger partial charge on any atom is -0.389 e. The molecule has 1 aromatic carbocycles. The van der Waals surface area contributed by atoms with Crippen LogP contribution in [0.3, 0.4) is 0 Å². The van der Waals surface area contributed by atoms with Gasteiger partial charge in [0, 0.05) is 17.1 Å². The van der Waals surface area contributed by atoms with Crippen LogP contribution in [0.15, 0.2) is 22.7 Å². The first kappa shape index (κ1) is 12.9. The summed E-state index contributed by atoms with van der Waals surface area (Å²) in [5.74, 6) is 0. The Balaban J connectivity index is 2.26. The Morgan fingerprint density at radius 1 is 1.41 bits per heavy atom. The number of rotatable bonds is 2. The summed E-state index contributed by atoms with van der Waals surface area (Å²) in [7, 11) is 0. The zero-order valence-corrected chi connectivity index (χ0v) is 12.1. The third-order valence-corrected chi connectivity index (χ3v) is 4.20. The van der Waals surface area contributed by atoms with Crippen molar-refractivity contribution in [2.24, 2.45) is 0 Å². The summed E-state index contributed by atoms with van der Waals surface area (Å²) in [6.07, 6.45) is 3.47. The molecule has 0 spiro atoms. The third kappa shape index (κ3) is 2.83. The molecule has 2 nitrogen and oxygen atoms in total. The van der Waals surface area contributed by atoms with Gasteiger partial charge in [0.05, 0.1) is 11.8 Å². The van der Waals surface area contributed by atoms with E-state index in [1.807, 2.05) is 12.1 Å². The van der Waals surface area contributed by atoms with Crippen LogP contribution < -0.4 is 4.90 Å². The van der Waals surface area contributed by atoms with Gasteiger partial charge in [-0.15, -0.1) is 0 Å². The van der Waals surface area contributed by atoms with Crippen molar-refractivity contribution in [1.82, 2.24) is 0 Å². The number of piperidine rings is 1. The summed E-state index contributed by atoms with van der Waals surface area (Å²) >= 11 is 3.63. The second-order valence-corrected chi connectivity index (χ2v) is 5.78. The van der Waals surface area contributed by atoms with Crippen LogP contribution in [0.4, 0.5) is 5.69 Å². The Morgan fingerprint density at radius 3 is 2.76 bits per heavy atom. The van der Waals surface area contributed by atoms with Gasteiger partial charge in [0.15, 0.2) is 0 Å². The molecular formula is C14H20BrNO. The fourth-order valence-electron chi connectivity index (χ4n) is 2.47. The molecule has 1 saturated heterocycles. The zero-order chi connectivity index (χ0) is 12.4. The highest BCUT2D eigenvalue weighted by molar-refractivity contribution is 9.10. The molecule has 1 fully saturated rings. The van der Waals surface area contributed by atoms with Gasteiger partial charge in [-0.05, 0) is 66.7 Å². The molecule has 94 valence electrons. The lowest BCUT2D eigenvalue weighted by Crippen LogP contribution is -2.37. The van der Waals surface area contributed by atoms with Crippen molar-refractivity contribution >= 4 is 21.6 Å². The molecule has 1 aliphatic heterocycles. The Hall–Kier alpha value is -0.540. The van der Waals surface area contributed by atoms with Crippen molar-refractivity contribution in [2.75, 3.05) is 11.4 Å². The lowest BCUT2D eigenvalue weighted by molar-refractivity contribution is 0.199. The number of hydrogen-bond acceptors (Lipinski definition) is 2. The van der Waals surface area contributed by atoms with Crippen molar-refractivity contribution < 1.29 is 5.11 Å². The van der Waals surface area contributed by atoms with Gasteiger partial charge in [-0.2, -0.15) is 0 Å². The summed E-state index contributed by atoms with van der Waals surface area (Å²) in [6.45, 7) is 5.22. The highest BCUT2D eigenvalue weighted by Crippen LogP contribution is 2.33. The van der Waals surface area contributed by atoms with E-state index in [1.165, 1.54) is 24.9 Å². The molecule has 0 aromatic heterocycles. The quantitative estimate of drug-likeness (QED) is 0.895. The molecule has 1 unspecified atom stereocenters. The molecule has 1 heterocycles. The van der Waals surface area contributed by atoms with Gasteiger partial charge in [0.2, 0.25) is 0 Å². The maximum atomic E-state index is 9.57. The summed E-state index contributed by atoms with van der Waals surface area (Å²) in [6, 6.07) is 6.78. The van der Waals surface area contributed by atoms with E-state index in [2.05, 4.69) is 33.8 Å². The maximum Gasteiger partial charge on any atom is 0.0762 e. The monoisotopic (exact) mass is 297 g/mol. The Labute approximate surface area is 112 Å². The second-order valence-electron chi connectivity index (χ2n) is 4.93. The van der Waals surface area contributed by atoms with Crippen LogP contribution in [0, 0.1) is 0 Å². The molecule has 3 heteroatoms. The fourth-order valence-corrected chi connectivity index (χ4v) is 3.10. The SMILES string of the molecule is CC1CCCCN1c1ccc([C@H](C)O)cc1Br. The van der Waals surface area contributed by atoms with Crippen LogP contribution in [0.2, 0.25) is 0 Å². The van der Waals surface area contributed by atoms with Crippen LogP contribution in [0.25, 0.3) is 0 Å². The lowest BCUT2D eigenvalue weighted by Gasteiger charge is -2.36. The number of aliphatic hydroxyl groups excluding tert-OH is 1. The Morgan fingerprint density at radius 2 is 2.18 bits per heavy atom. The van der Waals surface area contributed by atoms with Gasteiger partial charge in [-0.1, -0.05) is 6.07 Å². The van der Waals surface area contributed by atoms with Crippen LogP contribution in [-0.4, -0.2) is 17.7 Å². The summed E-state index contributed by atoms with van der Waals surface area (Å²) in [5.41, 5.74) is 2.21. The lowest BCUT2D eigenvalue weighted by atomic mass is 10.0. The van der Waals surface area contributed by atoms with Crippen LogP contribution >= 0.6 is 15.9 Å². The molecule has 17 heavy (non-hydrogen) atoms. The molecule has 0 aliphatic carbocycles. The summed E-state index contributed by atoms with van der Waals surface area (Å²) in [5, 5.41) is 9.57. The van der Waals surface area contributed by atoms with Crippen LogP contribution in [0.1, 0.15) is 44.8 Å². The maximum absolute atomic E-state index is 9.57. The van der Waals surface area contributed by atoms with E-state index in [1.54, 1.807) is 6.92 Å². The third-order valence-electron chi connectivity index (χ3n) is 3.57. The average molecular weight is 298 g/mol. The first-order chi connectivity index (χ1) is 8.09. The molecule has 0 bridgehead atoms. The van der Waals surface area contributed by atoms with E-state index in [4.69, 9.17) is 0 Å². The predicted molar refractivity (Wildman–Crippen MR) is 75.4 cm³/mol. The predicted octanol–water partition coefficient (Wildman–Crippen LogP) is 3.88. The molecule has 0 radical (unpaired) electrons. The number of benzene rings is 1. The smallest absolute Gasteiger partial charge is 0.0762 e. The van der Waals surface area contributed by atoms with Crippen LogP contribution in [0.5, 0.6) is 0 Å². The highest BCUT2D eigenvalue weighted by atomic mass is 79.9. The number of nitrogens with zero attached hydrogens (tertiary/aromatic N) is 1. The van der Waals surface area contributed by atoms with Crippen molar-refractivity contribution in [3.63, 3.8) is 0 Å². The van der Waals surface area contributed by atoms with E-state index >= 15 is 0 Å². The first-order valence-electron chi connectivity index (χ1n) is 6.33. The van der Waals surface area contributed by atoms with Gasteiger partial charge >= 0.3 is 0 Å². The summed E-state index contributed by atoms with van der Waals surface area (Å²) < 4.78 is 1.09. The van der Waals surface area contributed by atoms with Gasteiger partial charge in [0.1, 0.15) is 0 Å². The molecule has 1 N–H and O–H groups in total. The van der Waals surface area contributed by atoms with Crippen LogP contribution in [-0.2, 0) is 0 Å².